The molecule has 3 rings (SSSR count). The van der Waals surface area contributed by atoms with Crippen LogP contribution in [0.1, 0.15) is 37.7 Å². The number of rotatable bonds is 7. The van der Waals surface area contributed by atoms with E-state index in [-0.39, 0.29) is 25.0 Å². The van der Waals surface area contributed by atoms with Gasteiger partial charge in [-0.3, -0.25) is 14.5 Å². The topological polar surface area (TPSA) is 76.1 Å². The number of aliphatic hydroxyl groups is 1. The van der Waals surface area contributed by atoms with Gasteiger partial charge < -0.3 is 14.6 Å². The molecule has 1 aliphatic heterocycles. The lowest BCUT2D eigenvalue weighted by Crippen LogP contribution is -2.40. The van der Waals surface area contributed by atoms with E-state index in [1.54, 1.807) is 7.11 Å². The van der Waals surface area contributed by atoms with Gasteiger partial charge in [0.1, 0.15) is 5.75 Å². The van der Waals surface area contributed by atoms with Gasteiger partial charge in [0.2, 0.25) is 11.8 Å². The molecule has 0 aromatic heterocycles. The van der Waals surface area contributed by atoms with E-state index in [1.807, 2.05) is 24.3 Å². The third-order valence-corrected chi connectivity index (χ3v) is 5.20. The normalized spacial score (nSPS) is 20.5. The minimum absolute atomic E-state index is 0.00530. The van der Waals surface area contributed by atoms with E-state index in [0.29, 0.717) is 13.0 Å². The lowest BCUT2D eigenvalue weighted by atomic mass is 9.84. The zero-order valence-corrected chi connectivity index (χ0v) is 14.6. The van der Waals surface area contributed by atoms with Gasteiger partial charge in [-0.2, -0.15) is 0 Å². The van der Waals surface area contributed by atoms with Gasteiger partial charge in [-0.05, 0) is 18.9 Å². The second-order valence-corrected chi connectivity index (χ2v) is 6.95. The molecule has 1 heterocycles. The fraction of sp³-hybridized carbons (Fsp3) is 0.579. The number of likely N-dealkylation sites (tertiary alicyclic amines) is 1. The van der Waals surface area contributed by atoms with Gasteiger partial charge in [0, 0.05) is 12.0 Å². The number of para-hydroxylation sites is 1. The number of β-amino-alcohol motifs (C(OH)–C–C–N with tert-alkyl or cyclic N) is 1. The van der Waals surface area contributed by atoms with Crippen LogP contribution < -0.4 is 4.74 Å². The van der Waals surface area contributed by atoms with Gasteiger partial charge >= 0.3 is 0 Å². The highest BCUT2D eigenvalue weighted by atomic mass is 16.5. The Morgan fingerprint density at radius 1 is 1.24 bits per heavy atom. The van der Waals surface area contributed by atoms with E-state index in [4.69, 9.17) is 9.47 Å². The van der Waals surface area contributed by atoms with Crippen molar-refractivity contribution in [3.63, 3.8) is 0 Å². The first-order valence-corrected chi connectivity index (χ1v) is 8.78. The summed E-state index contributed by atoms with van der Waals surface area (Å²) in [6, 6.07) is 7.50. The van der Waals surface area contributed by atoms with Crippen LogP contribution in [0.25, 0.3) is 0 Å². The molecule has 1 atom stereocenters. The second kappa shape index (κ2) is 7.54. The number of amides is 2. The molecule has 1 aliphatic carbocycles. The fourth-order valence-corrected chi connectivity index (χ4v) is 3.88. The Morgan fingerprint density at radius 2 is 1.96 bits per heavy atom. The lowest BCUT2D eigenvalue weighted by Gasteiger charge is -2.22. The van der Waals surface area contributed by atoms with Crippen LogP contribution in [-0.4, -0.2) is 48.2 Å². The molecule has 1 spiro atoms. The molecule has 6 nitrogen and oxygen atoms in total. The molecule has 1 saturated heterocycles. The maximum absolute atomic E-state index is 12.6. The summed E-state index contributed by atoms with van der Waals surface area (Å²) in [5.41, 5.74) is 0.394. The van der Waals surface area contributed by atoms with Crippen molar-refractivity contribution >= 4 is 11.8 Å². The van der Waals surface area contributed by atoms with Gasteiger partial charge in [0.15, 0.2) is 0 Å². The largest absolute Gasteiger partial charge is 0.496 e. The summed E-state index contributed by atoms with van der Waals surface area (Å²) in [4.78, 5) is 26.0. The van der Waals surface area contributed by atoms with Crippen LogP contribution in [0, 0.1) is 5.41 Å². The Morgan fingerprint density at radius 3 is 2.68 bits per heavy atom. The average molecular weight is 347 g/mol. The van der Waals surface area contributed by atoms with Crippen molar-refractivity contribution in [1.29, 1.82) is 0 Å². The van der Waals surface area contributed by atoms with Crippen molar-refractivity contribution in [3.05, 3.63) is 29.8 Å². The van der Waals surface area contributed by atoms with Crippen molar-refractivity contribution in [3.8, 4) is 5.75 Å². The Bertz CT molecular complexity index is 638. The number of carbonyl (C=O) groups is 2. The van der Waals surface area contributed by atoms with Crippen LogP contribution in [0.2, 0.25) is 0 Å². The smallest absolute Gasteiger partial charge is 0.235 e. The van der Waals surface area contributed by atoms with Crippen molar-refractivity contribution in [2.24, 2.45) is 5.41 Å². The summed E-state index contributed by atoms with van der Waals surface area (Å²) >= 11 is 0. The predicted molar refractivity (Wildman–Crippen MR) is 90.9 cm³/mol. The number of benzene rings is 1. The lowest BCUT2D eigenvalue weighted by molar-refractivity contribution is -0.143. The molecule has 0 radical (unpaired) electrons. The molecule has 0 bridgehead atoms. The summed E-state index contributed by atoms with van der Waals surface area (Å²) in [5, 5.41) is 10.2. The first-order valence-electron chi connectivity index (χ1n) is 8.78. The first kappa shape index (κ1) is 17.9. The van der Waals surface area contributed by atoms with E-state index in [9.17, 15) is 14.7 Å². The summed E-state index contributed by atoms with van der Waals surface area (Å²) in [5.74, 6) is 0.444. The van der Waals surface area contributed by atoms with E-state index < -0.39 is 11.5 Å². The molecule has 2 aliphatic rings. The van der Waals surface area contributed by atoms with Crippen molar-refractivity contribution in [2.45, 2.75) is 44.8 Å². The van der Waals surface area contributed by atoms with Gasteiger partial charge in [0.05, 0.1) is 38.4 Å². The minimum atomic E-state index is -0.890. The number of nitrogens with zero attached hydrogens (tertiary/aromatic N) is 1. The van der Waals surface area contributed by atoms with E-state index in [2.05, 4.69) is 0 Å². The number of aliphatic hydroxyl groups excluding tert-OH is 1. The molecular formula is C19H25NO5. The molecule has 1 N–H and O–H groups in total. The summed E-state index contributed by atoms with van der Waals surface area (Å²) < 4.78 is 10.8. The number of imide groups is 1. The zero-order valence-electron chi connectivity index (χ0n) is 14.6. The molecule has 1 aromatic carbocycles. The maximum atomic E-state index is 12.6. The third-order valence-electron chi connectivity index (χ3n) is 5.20. The first-order chi connectivity index (χ1) is 12.1. The number of methoxy groups -OCH3 is 1. The number of hydrogen-bond acceptors (Lipinski definition) is 5. The highest BCUT2D eigenvalue weighted by Crippen LogP contribution is 2.46. The molecule has 1 saturated carbocycles. The second-order valence-electron chi connectivity index (χ2n) is 6.95. The number of carbonyl (C=O) groups excluding carboxylic acids is 2. The number of hydrogen-bond donors (Lipinski definition) is 1. The molecule has 136 valence electrons. The monoisotopic (exact) mass is 347 g/mol. The fourth-order valence-electron chi connectivity index (χ4n) is 3.88. The minimum Gasteiger partial charge on any atom is -0.496 e. The third kappa shape index (κ3) is 3.70. The van der Waals surface area contributed by atoms with Gasteiger partial charge in [-0.15, -0.1) is 0 Å². The Kier molecular flexibility index (Phi) is 5.39. The standard InChI is InChI=1S/C19H25NO5/c1-24-16-7-3-2-6-14(16)12-25-13-15(21)11-20-17(22)10-19(18(20)23)8-4-5-9-19/h2-3,6-7,15,21H,4-5,8-13H2,1H3. The molecule has 1 unspecified atom stereocenters. The van der Waals surface area contributed by atoms with Crippen LogP contribution in [0.5, 0.6) is 5.75 Å². The van der Waals surface area contributed by atoms with Crippen LogP contribution in [-0.2, 0) is 20.9 Å². The highest BCUT2D eigenvalue weighted by Gasteiger charge is 2.52. The molecular weight excluding hydrogens is 322 g/mol. The van der Waals surface area contributed by atoms with Crippen LogP contribution >= 0.6 is 0 Å². The van der Waals surface area contributed by atoms with Gasteiger partial charge in [-0.25, -0.2) is 0 Å². The quantitative estimate of drug-likeness (QED) is 0.762. The van der Waals surface area contributed by atoms with Crippen LogP contribution in [0.4, 0.5) is 0 Å². The SMILES string of the molecule is COc1ccccc1COCC(O)CN1C(=O)CC2(CCCC2)C1=O. The maximum Gasteiger partial charge on any atom is 0.235 e. The summed E-state index contributed by atoms with van der Waals surface area (Å²) in [6.45, 7) is 0.361. The molecule has 6 heteroatoms. The molecule has 2 fully saturated rings. The predicted octanol–water partition coefficient (Wildman–Crippen LogP) is 1.89. The van der Waals surface area contributed by atoms with Gasteiger partial charge in [-0.1, -0.05) is 31.0 Å². The van der Waals surface area contributed by atoms with Crippen molar-refractivity contribution in [2.75, 3.05) is 20.3 Å². The van der Waals surface area contributed by atoms with E-state index in [1.165, 1.54) is 4.90 Å². The average Bonchev–Trinajstić information content (AvgIpc) is 3.16. The van der Waals surface area contributed by atoms with E-state index in [0.717, 1.165) is 37.0 Å². The Balaban J connectivity index is 1.50. The highest BCUT2D eigenvalue weighted by molar-refractivity contribution is 6.06. The van der Waals surface area contributed by atoms with Crippen molar-refractivity contribution in [1.82, 2.24) is 4.90 Å². The zero-order chi connectivity index (χ0) is 17.9. The molecule has 25 heavy (non-hydrogen) atoms. The van der Waals surface area contributed by atoms with Crippen molar-refractivity contribution < 1.29 is 24.2 Å². The molecule has 2 amide bonds. The Labute approximate surface area is 147 Å². The van der Waals surface area contributed by atoms with Gasteiger partial charge in [0.25, 0.3) is 0 Å². The number of ether oxygens (including phenoxy) is 2. The molecule has 1 aromatic rings. The van der Waals surface area contributed by atoms with Crippen LogP contribution in [0.15, 0.2) is 24.3 Å². The summed E-state index contributed by atoms with van der Waals surface area (Å²) in [7, 11) is 1.59. The van der Waals surface area contributed by atoms with Crippen LogP contribution in [0.3, 0.4) is 0 Å². The van der Waals surface area contributed by atoms with E-state index >= 15 is 0 Å². The Hall–Kier alpha value is -1.92. The summed E-state index contributed by atoms with van der Waals surface area (Å²) in [6.07, 6.45) is 2.97.